The first-order valence-electron chi connectivity index (χ1n) is 6.74. The molecule has 0 spiro atoms. The molecule has 0 bridgehead atoms. The van der Waals surface area contributed by atoms with Crippen molar-refractivity contribution in [3.05, 3.63) is 55.0 Å². The predicted octanol–water partition coefficient (Wildman–Crippen LogP) is 1.70. The minimum absolute atomic E-state index is 0.541. The maximum Gasteiger partial charge on any atom is 0.223 e. The molecule has 2 heterocycles. The van der Waals surface area contributed by atoms with Crippen molar-refractivity contribution in [2.75, 3.05) is 18.4 Å². The maximum atomic E-state index is 5.46. The first-order valence-corrected chi connectivity index (χ1v) is 6.74. The summed E-state index contributed by atoms with van der Waals surface area (Å²) in [5, 5.41) is 7.44. The topological polar surface area (TPSA) is 81.6 Å². The lowest BCUT2D eigenvalue weighted by Crippen LogP contribution is -2.14. The van der Waals surface area contributed by atoms with Gasteiger partial charge in [-0.25, -0.2) is 14.6 Å². The minimum Gasteiger partial charge on any atom is -0.353 e. The summed E-state index contributed by atoms with van der Waals surface area (Å²) >= 11 is 0. The predicted molar refractivity (Wildman–Crippen MR) is 82.1 cm³/mol. The van der Waals surface area contributed by atoms with Crippen LogP contribution in [0.1, 0.15) is 0 Å². The van der Waals surface area contributed by atoms with E-state index in [9.17, 15) is 0 Å². The summed E-state index contributed by atoms with van der Waals surface area (Å²) in [5.41, 5.74) is 8.24. The van der Waals surface area contributed by atoms with Crippen molar-refractivity contribution in [1.29, 1.82) is 0 Å². The van der Waals surface area contributed by atoms with Gasteiger partial charge in [0.15, 0.2) is 0 Å². The van der Waals surface area contributed by atoms with Gasteiger partial charge in [0.05, 0.1) is 17.6 Å². The Kier molecular flexibility index (Phi) is 3.88. The van der Waals surface area contributed by atoms with Crippen LogP contribution in [0.15, 0.2) is 55.0 Å². The van der Waals surface area contributed by atoms with Crippen molar-refractivity contribution in [3.8, 4) is 16.9 Å². The van der Waals surface area contributed by atoms with Crippen molar-refractivity contribution in [2.24, 2.45) is 5.73 Å². The van der Waals surface area contributed by atoms with Gasteiger partial charge in [-0.15, -0.1) is 0 Å². The largest absolute Gasteiger partial charge is 0.353 e. The van der Waals surface area contributed by atoms with Crippen molar-refractivity contribution >= 4 is 5.95 Å². The monoisotopic (exact) mass is 280 g/mol. The summed E-state index contributed by atoms with van der Waals surface area (Å²) < 4.78 is 1.82. The number of rotatable bonds is 5. The van der Waals surface area contributed by atoms with Gasteiger partial charge in [-0.05, 0) is 18.2 Å². The lowest BCUT2D eigenvalue weighted by molar-refractivity contribution is 0.880. The molecular weight excluding hydrogens is 264 g/mol. The van der Waals surface area contributed by atoms with Gasteiger partial charge in [0, 0.05) is 31.0 Å². The minimum atomic E-state index is 0.541. The van der Waals surface area contributed by atoms with Crippen LogP contribution >= 0.6 is 0 Å². The molecule has 0 unspecified atom stereocenters. The molecule has 0 saturated carbocycles. The standard InChI is InChI=1S/C15H16N6/c16-7-9-18-15-17-8-6-14(20-15)12-10-19-21(11-12)13-4-2-1-3-5-13/h1-6,8,10-11H,7,9,16H2,(H,17,18,20). The van der Waals surface area contributed by atoms with Crippen LogP contribution in [-0.4, -0.2) is 32.8 Å². The number of benzene rings is 1. The van der Waals surface area contributed by atoms with Crippen molar-refractivity contribution in [2.45, 2.75) is 0 Å². The molecule has 0 aliphatic carbocycles. The molecule has 1 aromatic carbocycles. The highest BCUT2D eigenvalue weighted by molar-refractivity contribution is 5.58. The highest BCUT2D eigenvalue weighted by Crippen LogP contribution is 2.18. The van der Waals surface area contributed by atoms with Gasteiger partial charge in [0.25, 0.3) is 0 Å². The molecule has 0 fully saturated rings. The van der Waals surface area contributed by atoms with Gasteiger partial charge in [-0.2, -0.15) is 5.10 Å². The maximum absolute atomic E-state index is 5.46. The smallest absolute Gasteiger partial charge is 0.223 e. The first-order chi connectivity index (χ1) is 10.4. The summed E-state index contributed by atoms with van der Waals surface area (Å²) in [6.45, 7) is 1.19. The highest BCUT2D eigenvalue weighted by atomic mass is 15.3. The van der Waals surface area contributed by atoms with Crippen molar-refractivity contribution in [3.63, 3.8) is 0 Å². The number of nitrogens with one attached hydrogen (secondary N) is 1. The zero-order chi connectivity index (χ0) is 14.5. The third kappa shape index (κ3) is 3.06. The molecule has 6 heteroatoms. The van der Waals surface area contributed by atoms with E-state index >= 15 is 0 Å². The van der Waals surface area contributed by atoms with Crippen LogP contribution in [0.5, 0.6) is 0 Å². The zero-order valence-electron chi connectivity index (χ0n) is 11.5. The lowest BCUT2D eigenvalue weighted by atomic mass is 10.2. The molecule has 0 aliphatic rings. The molecule has 3 N–H and O–H groups in total. The van der Waals surface area contributed by atoms with Crippen LogP contribution < -0.4 is 11.1 Å². The van der Waals surface area contributed by atoms with Gasteiger partial charge in [0.2, 0.25) is 5.95 Å². The number of nitrogens with two attached hydrogens (primary N) is 1. The fourth-order valence-corrected chi connectivity index (χ4v) is 1.97. The number of aromatic nitrogens is 4. The average molecular weight is 280 g/mol. The van der Waals surface area contributed by atoms with Gasteiger partial charge in [-0.3, -0.25) is 0 Å². The lowest BCUT2D eigenvalue weighted by Gasteiger charge is -2.03. The van der Waals surface area contributed by atoms with E-state index in [4.69, 9.17) is 5.73 Å². The fraction of sp³-hybridized carbons (Fsp3) is 0.133. The fourth-order valence-electron chi connectivity index (χ4n) is 1.97. The molecule has 0 aliphatic heterocycles. The van der Waals surface area contributed by atoms with E-state index in [0.29, 0.717) is 19.0 Å². The van der Waals surface area contributed by atoms with Gasteiger partial charge >= 0.3 is 0 Å². The number of anilines is 1. The van der Waals surface area contributed by atoms with Crippen LogP contribution in [0, 0.1) is 0 Å². The Labute approximate surface area is 122 Å². The normalized spacial score (nSPS) is 10.5. The third-order valence-electron chi connectivity index (χ3n) is 2.98. The molecule has 0 saturated heterocycles. The van der Waals surface area contributed by atoms with Gasteiger partial charge in [0.1, 0.15) is 0 Å². The summed E-state index contributed by atoms with van der Waals surface area (Å²) in [7, 11) is 0. The second-order valence-electron chi connectivity index (χ2n) is 4.49. The Bertz CT molecular complexity index is 707. The average Bonchev–Trinajstić information content (AvgIpc) is 3.04. The summed E-state index contributed by atoms with van der Waals surface area (Å²) in [6, 6.07) is 11.8. The Balaban J connectivity index is 1.86. The first kappa shape index (κ1) is 13.3. The van der Waals surface area contributed by atoms with E-state index in [-0.39, 0.29) is 0 Å². The van der Waals surface area contributed by atoms with E-state index < -0.39 is 0 Å². The molecule has 3 aromatic rings. The molecule has 106 valence electrons. The Morgan fingerprint density at radius 2 is 2.00 bits per heavy atom. The Morgan fingerprint density at radius 3 is 2.81 bits per heavy atom. The number of para-hydroxylation sites is 1. The zero-order valence-corrected chi connectivity index (χ0v) is 11.5. The van der Waals surface area contributed by atoms with E-state index in [1.807, 2.05) is 47.3 Å². The number of nitrogens with zero attached hydrogens (tertiary/aromatic N) is 4. The van der Waals surface area contributed by atoms with Crippen LogP contribution in [0.2, 0.25) is 0 Å². The SMILES string of the molecule is NCCNc1nccc(-c2cnn(-c3ccccc3)c2)n1. The van der Waals surface area contributed by atoms with E-state index in [1.165, 1.54) is 0 Å². The van der Waals surface area contributed by atoms with E-state index in [0.717, 1.165) is 16.9 Å². The van der Waals surface area contributed by atoms with E-state index in [2.05, 4.69) is 20.4 Å². The number of hydrogen-bond acceptors (Lipinski definition) is 5. The van der Waals surface area contributed by atoms with E-state index in [1.54, 1.807) is 12.4 Å². The highest BCUT2D eigenvalue weighted by Gasteiger charge is 2.06. The van der Waals surface area contributed by atoms with Crippen molar-refractivity contribution < 1.29 is 0 Å². The molecule has 3 rings (SSSR count). The van der Waals surface area contributed by atoms with Gasteiger partial charge < -0.3 is 11.1 Å². The molecule has 21 heavy (non-hydrogen) atoms. The summed E-state index contributed by atoms with van der Waals surface area (Å²) in [6.07, 6.45) is 5.47. The summed E-state index contributed by atoms with van der Waals surface area (Å²) in [4.78, 5) is 8.62. The van der Waals surface area contributed by atoms with Crippen molar-refractivity contribution in [1.82, 2.24) is 19.7 Å². The quantitative estimate of drug-likeness (QED) is 0.743. The Morgan fingerprint density at radius 1 is 1.14 bits per heavy atom. The van der Waals surface area contributed by atoms with Crippen LogP contribution in [0.4, 0.5) is 5.95 Å². The molecule has 0 amide bonds. The van der Waals surface area contributed by atoms with Gasteiger partial charge in [-0.1, -0.05) is 18.2 Å². The molecule has 0 atom stereocenters. The second-order valence-corrected chi connectivity index (χ2v) is 4.49. The molecule has 2 aromatic heterocycles. The molecule has 0 radical (unpaired) electrons. The second kappa shape index (κ2) is 6.15. The van der Waals surface area contributed by atoms with Crippen LogP contribution in [-0.2, 0) is 0 Å². The Hall–Kier alpha value is -2.73. The van der Waals surface area contributed by atoms with Crippen LogP contribution in [0.3, 0.4) is 0 Å². The third-order valence-corrected chi connectivity index (χ3v) is 2.98. The molecule has 6 nitrogen and oxygen atoms in total. The summed E-state index contributed by atoms with van der Waals surface area (Å²) in [5.74, 6) is 0.574. The molecular formula is C15H16N6. The number of hydrogen-bond donors (Lipinski definition) is 2. The van der Waals surface area contributed by atoms with Crippen LogP contribution in [0.25, 0.3) is 16.9 Å².